The molecule has 2 unspecified atom stereocenters. The maximum Gasteiger partial charge on any atom is 0.326 e. The summed E-state index contributed by atoms with van der Waals surface area (Å²) < 4.78 is 0. The molecule has 1 amide bonds. The summed E-state index contributed by atoms with van der Waals surface area (Å²) in [7, 11) is 0. The molecule has 4 rings (SSSR count). The van der Waals surface area contributed by atoms with Crippen molar-refractivity contribution in [2.45, 2.75) is 117 Å². The van der Waals surface area contributed by atoms with Gasteiger partial charge in [-0.05, 0) is 110 Å². The number of carboxylic acid groups (broad SMARTS) is 1. The Labute approximate surface area is 211 Å². The summed E-state index contributed by atoms with van der Waals surface area (Å²) in [6.45, 7) is 10.8. The molecule has 0 aromatic heterocycles. The predicted molar refractivity (Wildman–Crippen MR) is 135 cm³/mol. The van der Waals surface area contributed by atoms with Gasteiger partial charge in [0.2, 0.25) is 5.91 Å². The maximum absolute atomic E-state index is 12.5. The number of aliphatic hydroxyl groups excluding tert-OH is 2. The van der Waals surface area contributed by atoms with Crippen LogP contribution in [0.15, 0.2) is 0 Å². The highest BCUT2D eigenvalue weighted by molar-refractivity contribution is 5.83. The van der Waals surface area contributed by atoms with Gasteiger partial charge < -0.3 is 20.6 Å². The highest BCUT2D eigenvalue weighted by Crippen LogP contribution is 2.68. The second-order valence-electron chi connectivity index (χ2n) is 13.6. The van der Waals surface area contributed by atoms with E-state index in [1.165, 1.54) is 25.7 Å². The number of hydrogen-bond acceptors (Lipinski definition) is 4. The number of nitrogens with one attached hydrogen (secondary N) is 1. The molecule has 0 aromatic carbocycles. The first-order valence-corrected chi connectivity index (χ1v) is 14.3. The normalized spacial score (nSPS) is 44.6. The monoisotopic (exact) mass is 491 g/mol. The minimum absolute atomic E-state index is 0.140. The Morgan fingerprint density at radius 1 is 0.914 bits per heavy atom. The lowest BCUT2D eigenvalue weighted by molar-refractivity contribution is -0.172. The van der Waals surface area contributed by atoms with E-state index in [-0.39, 0.29) is 40.8 Å². The molecular formula is C29H49NO5. The van der Waals surface area contributed by atoms with Gasteiger partial charge in [-0.1, -0.05) is 34.6 Å². The zero-order valence-electron chi connectivity index (χ0n) is 22.5. The number of hydrogen-bond donors (Lipinski definition) is 4. The van der Waals surface area contributed by atoms with Crippen molar-refractivity contribution in [2.24, 2.45) is 52.3 Å². The summed E-state index contributed by atoms with van der Waals surface area (Å²) in [5, 5.41) is 33.6. The van der Waals surface area contributed by atoms with E-state index in [4.69, 9.17) is 0 Å². The number of aliphatic hydroxyl groups is 2. The molecule has 0 radical (unpaired) electrons. The Kier molecular flexibility index (Phi) is 7.66. The molecular weight excluding hydrogens is 442 g/mol. The van der Waals surface area contributed by atoms with Gasteiger partial charge in [-0.2, -0.15) is 0 Å². The summed E-state index contributed by atoms with van der Waals surface area (Å²) in [5.74, 6) is 1.77. The molecule has 4 fully saturated rings. The number of aliphatic carboxylic acids is 1. The average Bonchev–Trinajstić information content (AvgIpc) is 3.14. The van der Waals surface area contributed by atoms with Crippen LogP contribution in [0, 0.1) is 52.3 Å². The quantitative estimate of drug-likeness (QED) is 0.416. The standard InChI is InChI=1S/C29H49NO5/c1-16(2)26(27(34)35)30-25(33)9-6-17(3)20-7-8-21-19-15-24(32)23-14-18(31)10-12-29(23,5)22(19)11-13-28(20,21)4/h16-24,26,31-32H,6-15H2,1-5H3,(H,30,33)(H,34,35)/t17?,18-,19+,20-,21+,22+,23+,24+,26?,28-,29-/m1/s1. The predicted octanol–water partition coefficient (Wildman–Crippen LogP) is 4.62. The first kappa shape index (κ1) is 26.9. The fraction of sp³-hybridized carbons (Fsp3) is 0.931. The number of fused-ring (bicyclic) bond motifs is 5. The van der Waals surface area contributed by atoms with Gasteiger partial charge in [0, 0.05) is 6.42 Å². The van der Waals surface area contributed by atoms with Crippen LogP contribution in [0.1, 0.15) is 98.8 Å². The van der Waals surface area contributed by atoms with Gasteiger partial charge >= 0.3 is 5.97 Å². The highest BCUT2D eigenvalue weighted by atomic mass is 16.4. The summed E-state index contributed by atoms with van der Waals surface area (Å²) in [5.41, 5.74) is 0.386. The van der Waals surface area contributed by atoms with Crippen molar-refractivity contribution in [1.29, 1.82) is 0 Å². The summed E-state index contributed by atoms with van der Waals surface area (Å²) in [6, 6.07) is -0.828. The number of rotatable bonds is 7. The minimum Gasteiger partial charge on any atom is -0.480 e. The van der Waals surface area contributed by atoms with E-state index in [1.807, 2.05) is 13.8 Å². The Bertz CT molecular complexity index is 800. The number of carbonyl (C=O) groups excluding carboxylic acids is 1. The van der Waals surface area contributed by atoms with Gasteiger partial charge in [0.1, 0.15) is 6.04 Å². The van der Waals surface area contributed by atoms with Crippen LogP contribution < -0.4 is 5.32 Å². The van der Waals surface area contributed by atoms with Crippen LogP contribution in [-0.4, -0.2) is 45.4 Å². The van der Waals surface area contributed by atoms with Gasteiger partial charge in [0.25, 0.3) is 0 Å². The number of carbonyl (C=O) groups is 2. The van der Waals surface area contributed by atoms with Crippen molar-refractivity contribution in [3.8, 4) is 0 Å². The van der Waals surface area contributed by atoms with Crippen molar-refractivity contribution >= 4 is 11.9 Å². The van der Waals surface area contributed by atoms with Crippen molar-refractivity contribution in [3.05, 3.63) is 0 Å². The first-order valence-electron chi connectivity index (χ1n) is 14.3. The molecule has 200 valence electrons. The molecule has 0 spiro atoms. The molecule has 0 saturated heterocycles. The lowest BCUT2D eigenvalue weighted by Crippen LogP contribution is -2.58. The third kappa shape index (κ3) is 4.79. The Morgan fingerprint density at radius 3 is 2.23 bits per heavy atom. The van der Waals surface area contributed by atoms with Crippen molar-refractivity contribution in [3.63, 3.8) is 0 Å². The fourth-order valence-electron chi connectivity index (χ4n) is 9.57. The van der Waals surface area contributed by atoms with Crippen LogP contribution in [0.3, 0.4) is 0 Å². The zero-order valence-corrected chi connectivity index (χ0v) is 22.5. The Balaban J connectivity index is 1.41. The molecule has 35 heavy (non-hydrogen) atoms. The van der Waals surface area contributed by atoms with E-state index >= 15 is 0 Å². The number of carboxylic acids is 1. The second kappa shape index (κ2) is 9.96. The Hall–Kier alpha value is -1.14. The van der Waals surface area contributed by atoms with Crippen molar-refractivity contribution in [2.75, 3.05) is 0 Å². The average molecular weight is 492 g/mol. The summed E-state index contributed by atoms with van der Waals surface area (Å²) in [6.07, 6.45) is 8.97. The van der Waals surface area contributed by atoms with Crippen LogP contribution in [0.5, 0.6) is 0 Å². The molecule has 0 heterocycles. The van der Waals surface area contributed by atoms with Crippen LogP contribution in [0.25, 0.3) is 0 Å². The maximum atomic E-state index is 12.5. The van der Waals surface area contributed by atoms with Gasteiger partial charge in [0.15, 0.2) is 0 Å². The largest absolute Gasteiger partial charge is 0.480 e. The minimum atomic E-state index is -0.970. The van der Waals surface area contributed by atoms with Crippen LogP contribution >= 0.6 is 0 Å². The lowest BCUT2D eigenvalue weighted by atomic mass is 9.44. The SMILES string of the molecule is CC(C)C(NC(=O)CCC(C)[C@H]1CC[C@H]2[C@@H]3C[C@H](O)[C@@H]4C[C@H](O)CC[C@]4(C)[C@H]3CC[C@]12C)C(=O)O. The summed E-state index contributed by atoms with van der Waals surface area (Å²) in [4.78, 5) is 24.0. The molecule has 11 atom stereocenters. The van der Waals surface area contributed by atoms with E-state index in [1.54, 1.807) is 0 Å². The van der Waals surface area contributed by atoms with E-state index in [0.717, 1.165) is 32.1 Å². The van der Waals surface area contributed by atoms with E-state index in [9.17, 15) is 24.9 Å². The molecule has 4 aliphatic carbocycles. The molecule has 0 aromatic rings. The zero-order chi connectivity index (χ0) is 25.7. The van der Waals surface area contributed by atoms with Gasteiger partial charge in [-0.15, -0.1) is 0 Å². The smallest absolute Gasteiger partial charge is 0.326 e. The number of amides is 1. The van der Waals surface area contributed by atoms with E-state index in [0.29, 0.717) is 36.0 Å². The van der Waals surface area contributed by atoms with Crippen LogP contribution in [0.2, 0.25) is 0 Å². The van der Waals surface area contributed by atoms with E-state index in [2.05, 4.69) is 26.1 Å². The molecule has 4 aliphatic rings. The van der Waals surface area contributed by atoms with E-state index < -0.39 is 12.0 Å². The van der Waals surface area contributed by atoms with Gasteiger partial charge in [-0.3, -0.25) is 4.79 Å². The first-order chi connectivity index (χ1) is 16.4. The van der Waals surface area contributed by atoms with Crippen molar-refractivity contribution < 1.29 is 24.9 Å². The molecule has 4 N–H and O–H groups in total. The third-order valence-corrected chi connectivity index (χ3v) is 11.5. The second-order valence-corrected chi connectivity index (χ2v) is 13.6. The molecule has 4 saturated carbocycles. The van der Waals surface area contributed by atoms with Gasteiger partial charge in [0.05, 0.1) is 12.2 Å². The molecule has 0 aliphatic heterocycles. The molecule has 6 nitrogen and oxygen atoms in total. The molecule has 0 bridgehead atoms. The molecule has 6 heteroatoms. The van der Waals surface area contributed by atoms with Crippen LogP contribution in [-0.2, 0) is 9.59 Å². The fourth-order valence-corrected chi connectivity index (χ4v) is 9.57. The third-order valence-electron chi connectivity index (χ3n) is 11.5. The van der Waals surface area contributed by atoms with Gasteiger partial charge in [-0.25, -0.2) is 4.79 Å². The lowest BCUT2D eigenvalue weighted by Gasteiger charge is -2.62. The topological polar surface area (TPSA) is 107 Å². The summed E-state index contributed by atoms with van der Waals surface area (Å²) >= 11 is 0. The van der Waals surface area contributed by atoms with Crippen LogP contribution in [0.4, 0.5) is 0 Å². The Morgan fingerprint density at radius 2 is 1.57 bits per heavy atom. The van der Waals surface area contributed by atoms with Crippen molar-refractivity contribution in [1.82, 2.24) is 5.32 Å². The highest BCUT2D eigenvalue weighted by Gasteiger charge is 2.62.